The molecule has 0 bridgehead atoms. The minimum atomic E-state index is -4.24. The molecule has 2 rings (SSSR count). The topological polar surface area (TPSA) is 26.3 Å². The molecule has 2 fully saturated rings. The van der Waals surface area contributed by atoms with Gasteiger partial charge in [0, 0.05) is 12.8 Å². The first kappa shape index (κ1) is 10.9. The van der Waals surface area contributed by atoms with Crippen LogP contribution in [0.15, 0.2) is 0 Å². The van der Waals surface area contributed by atoms with Gasteiger partial charge in [0.05, 0.1) is 18.1 Å². The Hall–Kier alpha value is -0.580. The number of halogens is 3. The van der Waals surface area contributed by atoms with Gasteiger partial charge in [0.1, 0.15) is 5.78 Å². The van der Waals surface area contributed by atoms with Crippen molar-refractivity contribution >= 4 is 5.78 Å². The second-order valence-corrected chi connectivity index (χ2v) is 4.30. The number of hydrogen-bond acceptors (Lipinski definition) is 2. The molecular formula is C10H13F3O2. The lowest BCUT2D eigenvalue weighted by Crippen LogP contribution is -2.41. The minimum absolute atomic E-state index is 0.0363. The Morgan fingerprint density at radius 2 is 1.87 bits per heavy atom. The molecule has 2 saturated carbocycles. The highest BCUT2D eigenvalue weighted by molar-refractivity contribution is 5.79. The summed E-state index contributed by atoms with van der Waals surface area (Å²) in [5.74, 6) is -1.56. The van der Waals surface area contributed by atoms with Gasteiger partial charge in [0.25, 0.3) is 0 Å². The molecule has 2 aliphatic rings. The van der Waals surface area contributed by atoms with Crippen molar-refractivity contribution in [2.75, 3.05) is 0 Å². The zero-order chi connectivity index (χ0) is 11.1. The molecule has 0 aliphatic heterocycles. The summed E-state index contributed by atoms with van der Waals surface area (Å²) >= 11 is 0. The number of rotatable bonds is 2. The first-order valence-corrected chi connectivity index (χ1v) is 5.20. The number of carbonyl (C=O) groups is 1. The molecule has 0 N–H and O–H groups in total. The molecule has 0 aromatic carbocycles. The first-order valence-electron chi connectivity index (χ1n) is 5.20. The van der Waals surface area contributed by atoms with Crippen LogP contribution in [0, 0.1) is 5.92 Å². The molecule has 2 unspecified atom stereocenters. The Bertz CT molecular complexity index is 258. The highest BCUT2D eigenvalue weighted by Gasteiger charge is 2.49. The standard InChI is InChI=1S/C10H13F3O2/c11-10(12,13)8-4-1-6(14)5-9(8)15-7-2-3-7/h7-9H,1-5H2. The summed E-state index contributed by atoms with van der Waals surface area (Å²) in [7, 11) is 0. The number of ketones is 1. The Balaban J connectivity index is 2.01. The van der Waals surface area contributed by atoms with E-state index < -0.39 is 18.2 Å². The molecular weight excluding hydrogens is 209 g/mol. The van der Waals surface area contributed by atoms with Crippen LogP contribution in [0.25, 0.3) is 0 Å². The molecule has 0 heterocycles. The average Bonchev–Trinajstić information content (AvgIpc) is 2.85. The summed E-state index contributed by atoms with van der Waals surface area (Å²) in [5, 5.41) is 0. The lowest BCUT2D eigenvalue weighted by Gasteiger charge is -2.32. The minimum Gasteiger partial charge on any atom is -0.374 e. The molecule has 0 spiro atoms. The molecule has 2 nitrogen and oxygen atoms in total. The molecule has 86 valence electrons. The van der Waals surface area contributed by atoms with Gasteiger partial charge in [-0.15, -0.1) is 0 Å². The third kappa shape index (κ3) is 2.71. The van der Waals surface area contributed by atoms with Crippen molar-refractivity contribution in [3.63, 3.8) is 0 Å². The summed E-state index contributed by atoms with van der Waals surface area (Å²) in [6.07, 6.45) is -3.69. The van der Waals surface area contributed by atoms with Crippen molar-refractivity contribution in [3.05, 3.63) is 0 Å². The van der Waals surface area contributed by atoms with Gasteiger partial charge in [0.2, 0.25) is 0 Å². The Kier molecular flexibility index (Phi) is 2.75. The number of carbonyl (C=O) groups excluding carboxylic acids is 1. The summed E-state index contributed by atoms with van der Waals surface area (Å²) in [4.78, 5) is 11.1. The van der Waals surface area contributed by atoms with Gasteiger partial charge in [-0.3, -0.25) is 4.79 Å². The molecule has 2 aliphatic carbocycles. The van der Waals surface area contributed by atoms with Gasteiger partial charge in [-0.25, -0.2) is 0 Å². The Labute approximate surface area is 85.8 Å². The Morgan fingerprint density at radius 3 is 2.40 bits per heavy atom. The van der Waals surface area contributed by atoms with E-state index in [9.17, 15) is 18.0 Å². The Morgan fingerprint density at radius 1 is 1.20 bits per heavy atom. The normalized spacial score (nSPS) is 33.1. The van der Waals surface area contributed by atoms with Crippen LogP contribution in [0.1, 0.15) is 32.1 Å². The van der Waals surface area contributed by atoms with Crippen molar-refractivity contribution in [2.45, 2.75) is 50.5 Å². The molecule has 0 amide bonds. The maximum Gasteiger partial charge on any atom is 0.394 e. The van der Waals surface area contributed by atoms with Crippen LogP contribution in [0.4, 0.5) is 13.2 Å². The molecule has 0 aromatic heterocycles. The second-order valence-electron chi connectivity index (χ2n) is 4.30. The zero-order valence-electron chi connectivity index (χ0n) is 8.22. The quantitative estimate of drug-likeness (QED) is 0.717. The van der Waals surface area contributed by atoms with Gasteiger partial charge in [-0.05, 0) is 19.3 Å². The molecule has 2 atom stereocenters. The van der Waals surface area contributed by atoms with Gasteiger partial charge in [-0.2, -0.15) is 13.2 Å². The SMILES string of the molecule is O=C1CCC(C(F)(F)F)C(OC2CC2)C1. The summed E-state index contributed by atoms with van der Waals surface area (Å²) in [6, 6.07) is 0. The highest BCUT2D eigenvalue weighted by Crippen LogP contribution is 2.40. The average molecular weight is 222 g/mol. The molecule has 0 radical (unpaired) electrons. The summed E-state index contributed by atoms with van der Waals surface area (Å²) < 4.78 is 43.1. The molecule has 5 heteroatoms. The molecule has 0 saturated heterocycles. The van der Waals surface area contributed by atoms with Crippen molar-refractivity contribution in [2.24, 2.45) is 5.92 Å². The van der Waals surface area contributed by atoms with E-state index in [-0.39, 0.29) is 31.1 Å². The first-order chi connectivity index (χ1) is 6.97. The fraction of sp³-hybridized carbons (Fsp3) is 0.900. The van der Waals surface area contributed by atoms with Crippen LogP contribution >= 0.6 is 0 Å². The van der Waals surface area contributed by atoms with Crippen LogP contribution in [-0.4, -0.2) is 24.2 Å². The highest BCUT2D eigenvalue weighted by atomic mass is 19.4. The van der Waals surface area contributed by atoms with Crippen molar-refractivity contribution in [1.82, 2.24) is 0 Å². The summed E-state index contributed by atoms with van der Waals surface area (Å²) in [6.45, 7) is 0. The van der Waals surface area contributed by atoms with Gasteiger partial charge in [0.15, 0.2) is 0 Å². The zero-order valence-corrected chi connectivity index (χ0v) is 8.22. The third-order valence-corrected chi connectivity index (χ3v) is 2.92. The van der Waals surface area contributed by atoms with Crippen LogP contribution in [0.3, 0.4) is 0 Å². The van der Waals surface area contributed by atoms with Crippen LogP contribution in [0.5, 0.6) is 0 Å². The van der Waals surface area contributed by atoms with E-state index in [0.29, 0.717) is 0 Å². The van der Waals surface area contributed by atoms with E-state index in [1.807, 2.05) is 0 Å². The van der Waals surface area contributed by atoms with Crippen molar-refractivity contribution in [1.29, 1.82) is 0 Å². The predicted octanol–water partition coefficient (Wildman–Crippen LogP) is 2.47. The smallest absolute Gasteiger partial charge is 0.374 e. The van der Waals surface area contributed by atoms with Gasteiger partial charge in [-0.1, -0.05) is 0 Å². The second kappa shape index (κ2) is 3.77. The molecule has 15 heavy (non-hydrogen) atoms. The number of Topliss-reactive ketones (excluding diaryl/α,β-unsaturated/α-hetero) is 1. The van der Waals surface area contributed by atoms with Crippen molar-refractivity contribution in [3.8, 4) is 0 Å². The van der Waals surface area contributed by atoms with E-state index in [1.54, 1.807) is 0 Å². The third-order valence-electron chi connectivity index (χ3n) is 2.92. The van der Waals surface area contributed by atoms with Crippen LogP contribution < -0.4 is 0 Å². The monoisotopic (exact) mass is 222 g/mol. The van der Waals surface area contributed by atoms with E-state index in [1.165, 1.54) is 0 Å². The summed E-state index contributed by atoms with van der Waals surface area (Å²) in [5.41, 5.74) is 0. The lowest BCUT2D eigenvalue weighted by atomic mass is 9.85. The largest absolute Gasteiger partial charge is 0.394 e. The lowest BCUT2D eigenvalue weighted by molar-refractivity contribution is -0.216. The number of hydrogen-bond donors (Lipinski definition) is 0. The van der Waals surface area contributed by atoms with E-state index in [2.05, 4.69) is 0 Å². The van der Waals surface area contributed by atoms with E-state index in [0.717, 1.165) is 12.8 Å². The predicted molar refractivity (Wildman–Crippen MR) is 46.3 cm³/mol. The van der Waals surface area contributed by atoms with Crippen LogP contribution in [0.2, 0.25) is 0 Å². The van der Waals surface area contributed by atoms with Crippen molar-refractivity contribution < 1.29 is 22.7 Å². The maximum atomic E-state index is 12.6. The van der Waals surface area contributed by atoms with Gasteiger partial charge >= 0.3 is 6.18 Å². The van der Waals surface area contributed by atoms with E-state index in [4.69, 9.17) is 4.74 Å². The maximum absolute atomic E-state index is 12.6. The van der Waals surface area contributed by atoms with Gasteiger partial charge < -0.3 is 4.74 Å². The fourth-order valence-corrected chi connectivity index (χ4v) is 1.94. The number of ether oxygens (including phenoxy) is 1. The fourth-order valence-electron chi connectivity index (χ4n) is 1.94. The molecule has 0 aromatic rings. The number of alkyl halides is 3. The van der Waals surface area contributed by atoms with E-state index >= 15 is 0 Å². The van der Waals surface area contributed by atoms with Crippen LogP contribution in [-0.2, 0) is 9.53 Å².